The van der Waals surface area contributed by atoms with E-state index in [4.69, 9.17) is 0 Å². The fourth-order valence-electron chi connectivity index (χ4n) is 11.5. The maximum atomic E-state index is 11.7. The fraction of sp³-hybridized carbons (Fsp3) is 0.933. The van der Waals surface area contributed by atoms with E-state index in [1.807, 2.05) is 0 Å². The fourth-order valence-corrected chi connectivity index (χ4v) is 11.5. The Morgan fingerprint density at radius 2 is 1.61 bits per heavy atom. The van der Waals surface area contributed by atoms with Crippen LogP contribution >= 0.6 is 0 Å². The number of hydrogen-bond acceptors (Lipinski definition) is 1. The SMILES string of the molecule is CC(C)[C@H]1CC[C@@H]2[C@]1(C)CC[C@]1(C)[C@@H]3C[C@@H](O)[C@H]4C(C)(C)CCC[C@]4(C)C3=CC[C@@]21C. The molecule has 0 amide bonds. The van der Waals surface area contributed by atoms with Crippen molar-refractivity contribution in [3.8, 4) is 0 Å². The lowest BCUT2D eigenvalue weighted by Crippen LogP contribution is -2.63. The molecule has 0 saturated heterocycles. The molecule has 0 heterocycles. The summed E-state index contributed by atoms with van der Waals surface area (Å²) in [7, 11) is 0. The standard InChI is InChI=1S/C30H50O/c1-19(2)20-10-11-24-27(20,5)16-17-29(7)22-18-23(31)25-26(3,4)13-9-14-28(25,6)21(22)12-15-30(24,29)8/h12,19-20,22-25,31H,9-11,13-18H2,1-8H3/t20-,22-,23-,24-,25+,27-,28-,29-,30+/m1/s1. The number of fused-ring (bicyclic) bond motifs is 7. The Kier molecular flexibility index (Phi) is 4.82. The summed E-state index contributed by atoms with van der Waals surface area (Å²) in [5.41, 5.74) is 3.46. The molecule has 9 atom stereocenters. The second-order valence-corrected chi connectivity index (χ2v) is 14.8. The van der Waals surface area contributed by atoms with Crippen molar-refractivity contribution >= 4 is 0 Å². The molecule has 0 aliphatic heterocycles. The number of allylic oxidation sites excluding steroid dienone is 2. The first-order valence-corrected chi connectivity index (χ1v) is 13.7. The van der Waals surface area contributed by atoms with Crippen LogP contribution in [0.25, 0.3) is 0 Å². The third-order valence-electron chi connectivity index (χ3n) is 12.9. The maximum absolute atomic E-state index is 11.7. The van der Waals surface area contributed by atoms with Gasteiger partial charge in [0, 0.05) is 0 Å². The summed E-state index contributed by atoms with van der Waals surface area (Å²) in [4.78, 5) is 0. The largest absolute Gasteiger partial charge is 0.393 e. The van der Waals surface area contributed by atoms with Crippen molar-refractivity contribution in [3.05, 3.63) is 11.6 Å². The third-order valence-corrected chi connectivity index (χ3v) is 12.9. The zero-order valence-electron chi connectivity index (χ0n) is 21.9. The normalized spacial score (nSPS) is 55.7. The Morgan fingerprint density at radius 3 is 2.29 bits per heavy atom. The van der Waals surface area contributed by atoms with Gasteiger partial charge in [-0.3, -0.25) is 0 Å². The maximum Gasteiger partial charge on any atom is 0.0587 e. The Bertz CT molecular complexity index is 777. The van der Waals surface area contributed by atoms with Crippen molar-refractivity contribution in [2.45, 2.75) is 119 Å². The van der Waals surface area contributed by atoms with Gasteiger partial charge in [0.1, 0.15) is 0 Å². The van der Waals surface area contributed by atoms with Gasteiger partial charge in [-0.15, -0.1) is 0 Å². The third kappa shape index (κ3) is 2.65. The molecular weight excluding hydrogens is 376 g/mol. The predicted octanol–water partition coefficient (Wildman–Crippen LogP) is 8.02. The van der Waals surface area contributed by atoms with Crippen LogP contribution in [0.3, 0.4) is 0 Å². The van der Waals surface area contributed by atoms with E-state index in [1.165, 1.54) is 51.4 Å². The molecule has 5 aliphatic rings. The van der Waals surface area contributed by atoms with Crippen LogP contribution in [0.4, 0.5) is 0 Å². The van der Waals surface area contributed by atoms with Crippen LogP contribution in [0.5, 0.6) is 0 Å². The highest BCUT2D eigenvalue weighted by atomic mass is 16.3. The van der Waals surface area contributed by atoms with Gasteiger partial charge in [-0.1, -0.05) is 73.5 Å². The molecule has 31 heavy (non-hydrogen) atoms. The van der Waals surface area contributed by atoms with E-state index >= 15 is 0 Å². The molecule has 4 fully saturated rings. The van der Waals surface area contributed by atoms with Crippen molar-refractivity contribution in [1.82, 2.24) is 0 Å². The van der Waals surface area contributed by atoms with Gasteiger partial charge in [0.05, 0.1) is 6.10 Å². The van der Waals surface area contributed by atoms with E-state index in [0.717, 1.165) is 24.2 Å². The van der Waals surface area contributed by atoms with Gasteiger partial charge in [0.25, 0.3) is 0 Å². The number of aliphatic hydroxyl groups is 1. The first-order valence-electron chi connectivity index (χ1n) is 13.7. The predicted molar refractivity (Wildman–Crippen MR) is 131 cm³/mol. The molecule has 0 aromatic heterocycles. The summed E-state index contributed by atoms with van der Waals surface area (Å²) >= 11 is 0. The van der Waals surface area contributed by atoms with Gasteiger partial charge >= 0.3 is 0 Å². The van der Waals surface area contributed by atoms with E-state index in [9.17, 15) is 5.11 Å². The smallest absolute Gasteiger partial charge is 0.0587 e. The van der Waals surface area contributed by atoms with Crippen molar-refractivity contribution in [3.63, 3.8) is 0 Å². The summed E-state index contributed by atoms with van der Waals surface area (Å²) in [5, 5.41) is 11.7. The lowest BCUT2D eigenvalue weighted by molar-refractivity contribution is -0.176. The zero-order valence-corrected chi connectivity index (χ0v) is 21.9. The Hall–Kier alpha value is -0.300. The van der Waals surface area contributed by atoms with Gasteiger partial charge < -0.3 is 5.11 Å². The van der Waals surface area contributed by atoms with E-state index in [1.54, 1.807) is 5.57 Å². The summed E-state index contributed by atoms with van der Waals surface area (Å²) in [6.45, 7) is 20.4. The molecule has 0 spiro atoms. The van der Waals surface area contributed by atoms with Crippen molar-refractivity contribution in [2.75, 3.05) is 0 Å². The van der Waals surface area contributed by atoms with Crippen LogP contribution in [0.2, 0.25) is 0 Å². The van der Waals surface area contributed by atoms with Crippen molar-refractivity contribution in [1.29, 1.82) is 0 Å². The monoisotopic (exact) mass is 426 g/mol. The van der Waals surface area contributed by atoms with Crippen molar-refractivity contribution in [2.24, 2.45) is 56.7 Å². The van der Waals surface area contributed by atoms with Crippen LogP contribution in [0.15, 0.2) is 11.6 Å². The summed E-state index contributed by atoms with van der Waals surface area (Å²) in [5.74, 6) is 3.55. The molecule has 0 aromatic carbocycles. The lowest BCUT2D eigenvalue weighted by Gasteiger charge is -2.69. The first-order chi connectivity index (χ1) is 14.3. The zero-order chi connectivity index (χ0) is 22.6. The first kappa shape index (κ1) is 22.5. The Balaban J connectivity index is 1.58. The average Bonchev–Trinajstić information content (AvgIpc) is 3.01. The van der Waals surface area contributed by atoms with Crippen molar-refractivity contribution < 1.29 is 5.11 Å². The summed E-state index contributed by atoms with van der Waals surface area (Å²) in [6, 6.07) is 0. The Morgan fingerprint density at radius 1 is 0.903 bits per heavy atom. The highest BCUT2D eigenvalue weighted by Gasteiger charge is 2.68. The van der Waals surface area contributed by atoms with Gasteiger partial charge in [-0.05, 0) is 108 Å². The second kappa shape index (κ2) is 6.64. The van der Waals surface area contributed by atoms with E-state index < -0.39 is 0 Å². The molecule has 0 aromatic rings. The lowest BCUT2D eigenvalue weighted by atomic mass is 9.35. The van der Waals surface area contributed by atoms with Crippen LogP contribution < -0.4 is 0 Å². The minimum absolute atomic E-state index is 0.137. The molecule has 176 valence electrons. The van der Waals surface area contributed by atoms with E-state index in [0.29, 0.717) is 28.1 Å². The highest BCUT2D eigenvalue weighted by molar-refractivity contribution is 5.33. The number of rotatable bonds is 1. The summed E-state index contributed by atoms with van der Waals surface area (Å²) in [6.07, 6.45) is 14.4. The Labute approximate surface area is 192 Å². The molecule has 1 nitrogen and oxygen atoms in total. The van der Waals surface area contributed by atoms with Gasteiger partial charge in [0.15, 0.2) is 0 Å². The van der Waals surface area contributed by atoms with Crippen LogP contribution in [0.1, 0.15) is 113 Å². The van der Waals surface area contributed by atoms with Gasteiger partial charge in [-0.25, -0.2) is 0 Å². The topological polar surface area (TPSA) is 20.2 Å². The van der Waals surface area contributed by atoms with Gasteiger partial charge in [-0.2, -0.15) is 0 Å². The molecule has 1 heteroatoms. The minimum Gasteiger partial charge on any atom is -0.393 e. The molecule has 4 saturated carbocycles. The molecule has 1 N–H and O–H groups in total. The number of hydrogen-bond donors (Lipinski definition) is 1. The molecule has 0 bridgehead atoms. The van der Waals surface area contributed by atoms with E-state index in [2.05, 4.69) is 61.5 Å². The minimum atomic E-state index is -0.137. The van der Waals surface area contributed by atoms with Gasteiger partial charge in [0.2, 0.25) is 0 Å². The van der Waals surface area contributed by atoms with Crippen LogP contribution in [-0.4, -0.2) is 11.2 Å². The number of aliphatic hydroxyl groups excluding tert-OH is 1. The highest BCUT2D eigenvalue weighted by Crippen LogP contribution is 2.76. The van der Waals surface area contributed by atoms with Crippen LogP contribution in [-0.2, 0) is 0 Å². The molecule has 5 rings (SSSR count). The summed E-state index contributed by atoms with van der Waals surface area (Å²) < 4.78 is 0. The molecule has 0 radical (unpaired) electrons. The molecule has 5 aliphatic carbocycles. The quantitative estimate of drug-likeness (QED) is 0.421. The van der Waals surface area contributed by atoms with E-state index in [-0.39, 0.29) is 16.9 Å². The molecule has 0 unspecified atom stereocenters. The average molecular weight is 427 g/mol. The second-order valence-electron chi connectivity index (χ2n) is 14.8. The van der Waals surface area contributed by atoms with Crippen LogP contribution in [0, 0.1) is 56.7 Å². The molecular formula is C30H50O.